The van der Waals surface area contributed by atoms with Crippen LogP contribution in [-0.2, 0) is 0 Å². The van der Waals surface area contributed by atoms with E-state index in [-0.39, 0.29) is 16.8 Å². The molecule has 0 amide bonds. The first kappa shape index (κ1) is 13.1. The molecule has 8 heteroatoms. The summed E-state index contributed by atoms with van der Waals surface area (Å²) in [5, 5.41) is 23.1. The molecule has 0 spiro atoms. The highest BCUT2D eigenvalue weighted by molar-refractivity contribution is 6.13. The average Bonchev–Trinajstić information content (AvgIpc) is 2.43. The van der Waals surface area contributed by atoms with Crippen molar-refractivity contribution in [1.29, 1.82) is 0 Å². The predicted octanol–water partition coefficient (Wildman–Crippen LogP) is 2.50. The number of hydrogen-bond acceptors (Lipinski definition) is 6. The number of benzene rings is 2. The molecule has 1 aliphatic heterocycles. The second-order valence-corrected chi connectivity index (χ2v) is 5.01. The van der Waals surface area contributed by atoms with Crippen molar-refractivity contribution in [3.63, 3.8) is 0 Å². The van der Waals surface area contributed by atoms with E-state index in [9.17, 15) is 20.2 Å². The molecule has 0 radical (unpaired) electrons. The van der Waals surface area contributed by atoms with Crippen molar-refractivity contribution in [3.8, 4) is 0 Å². The number of nitro groups is 2. The van der Waals surface area contributed by atoms with Crippen LogP contribution >= 0.6 is 0 Å². The summed E-state index contributed by atoms with van der Waals surface area (Å²) in [6.07, 6.45) is 0. The van der Waals surface area contributed by atoms with Gasteiger partial charge >= 0.3 is 0 Å². The van der Waals surface area contributed by atoms with Crippen molar-refractivity contribution >= 4 is 33.5 Å². The highest BCUT2D eigenvalue weighted by Gasteiger charge is 2.30. The molecule has 0 fully saturated rings. The summed E-state index contributed by atoms with van der Waals surface area (Å²) in [7, 11) is 3.69. The number of hydrogen-bond donors (Lipinski definition) is 0. The van der Waals surface area contributed by atoms with Crippen LogP contribution in [0.1, 0.15) is 0 Å². The third-order valence-electron chi connectivity index (χ3n) is 3.71. The third kappa shape index (κ3) is 1.76. The molecule has 8 nitrogen and oxygen atoms in total. The van der Waals surface area contributed by atoms with Gasteiger partial charge in [0.2, 0.25) is 0 Å². The molecule has 0 aliphatic carbocycles. The summed E-state index contributed by atoms with van der Waals surface area (Å²) in [5.41, 5.74) is 1.02. The van der Waals surface area contributed by atoms with E-state index in [0.29, 0.717) is 12.1 Å². The lowest BCUT2D eigenvalue weighted by atomic mass is 10.0. The Kier molecular flexibility index (Phi) is 2.68. The van der Waals surface area contributed by atoms with E-state index in [1.54, 1.807) is 12.1 Å². The van der Waals surface area contributed by atoms with Crippen LogP contribution < -0.4 is 9.80 Å². The monoisotopic (exact) mass is 288 g/mol. The van der Waals surface area contributed by atoms with Gasteiger partial charge in [0.25, 0.3) is 11.4 Å². The number of nitro benzene ring substituents is 2. The molecule has 0 aromatic heterocycles. The lowest BCUT2D eigenvalue weighted by Gasteiger charge is -2.34. The van der Waals surface area contributed by atoms with Crippen LogP contribution in [0.3, 0.4) is 0 Å². The zero-order valence-corrected chi connectivity index (χ0v) is 11.4. The maximum Gasteiger partial charge on any atom is 0.284 e. The van der Waals surface area contributed by atoms with Crippen LogP contribution in [0.2, 0.25) is 0 Å². The summed E-state index contributed by atoms with van der Waals surface area (Å²) < 4.78 is 0. The van der Waals surface area contributed by atoms with Crippen LogP contribution in [0.25, 0.3) is 10.8 Å². The number of nitrogens with zero attached hydrogens (tertiary/aromatic N) is 4. The minimum Gasteiger partial charge on any atom is -0.356 e. The second-order valence-electron chi connectivity index (χ2n) is 5.01. The van der Waals surface area contributed by atoms with Crippen molar-refractivity contribution in [2.45, 2.75) is 0 Å². The first-order valence-corrected chi connectivity index (χ1v) is 6.22. The number of anilines is 2. The standard InChI is InChI=1S/C13H12N4O4/c1-14-7-15(2)9-4-6-11(17(20)21)13-10(16(18)19)5-3-8(14)12(9)13/h3-6H,7H2,1-2H3. The molecule has 1 heterocycles. The second kappa shape index (κ2) is 4.30. The number of rotatable bonds is 2. The Labute approximate surface area is 119 Å². The van der Waals surface area contributed by atoms with E-state index in [4.69, 9.17) is 0 Å². The van der Waals surface area contributed by atoms with Gasteiger partial charge in [-0.1, -0.05) is 0 Å². The Hall–Kier alpha value is -2.90. The van der Waals surface area contributed by atoms with Gasteiger partial charge in [0.1, 0.15) is 5.39 Å². The highest BCUT2D eigenvalue weighted by Crippen LogP contribution is 2.45. The molecule has 0 bridgehead atoms. The molecule has 3 rings (SSSR count). The molecule has 0 saturated carbocycles. The molecule has 1 aliphatic rings. The molecule has 0 saturated heterocycles. The van der Waals surface area contributed by atoms with Gasteiger partial charge in [-0.25, -0.2) is 0 Å². The molecule has 21 heavy (non-hydrogen) atoms. The van der Waals surface area contributed by atoms with Crippen molar-refractivity contribution in [2.24, 2.45) is 0 Å². The zero-order valence-electron chi connectivity index (χ0n) is 11.4. The summed E-state index contributed by atoms with van der Waals surface area (Å²) in [6, 6.07) is 5.94. The van der Waals surface area contributed by atoms with E-state index in [0.717, 1.165) is 11.4 Å². The van der Waals surface area contributed by atoms with Gasteiger partial charge in [0, 0.05) is 43.0 Å². The molecular formula is C13H12N4O4. The van der Waals surface area contributed by atoms with Crippen molar-refractivity contribution < 1.29 is 9.85 Å². The SMILES string of the molecule is CN1CN(C)c2ccc([N+](=O)[O-])c3c([N+](=O)[O-])ccc1c23. The zero-order chi connectivity index (χ0) is 15.3. The summed E-state index contributed by atoms with van der Waals surface area (Å²) in [6.45, 7) is 0.609. The Morgan fingerprint density at radius 2 is 1.29 bits per heavy atom. The van der Waals surface area contributed by atoms with Crippen LogP contribution in [0.5, 0.6) is 0 Å². The van der Waals surface area contributed by atoms with E-state index in [1.165, 1.54) is 12.1 Å². The molecule has 0 atom stereocenters. The van der Waals surface area contributed by atoms with Crippen molar-refractivity contribution in [2.75, 3.05) is 30.6 Å². The van der Waals surface area contributed by atoms with Gasteiger partial charge in [0.15, 0.2) is 0 Å². The van der Waals surface area contributed by atoms with Gasteiger partial charge < -0.3 is 9.80 Å². The molecular weight excluding hydrogens is 276 g/mol. The fourth-order valence-corrected chi connectivity index (χ4v) is 2.83. The largest absolute Gasteiger partial charge is 0.356 e. The maximum atomic E-state index is 11.2. The Balaban J connectivity index is 2.54. The van der Waals surface area contributed by atoms with Gasteiger partial charge in [-0.05, 0) is 12.1 Å². The highest BCUT2D eigenvalue weighted by atomic mass is 16.6. The first-order valence-electron chi connectivity index (χ1n) is 6.22. The van der Waals surface area contributed by atoms with E-state index >= 15 is 0 Å². The van der Waals surface area contributed by atoms with Crippen molar-refractivity contribution in [1.82, 2.24) is 0 Å². The summed E-state index contributed by atoms with van der Waals surface area (Å²) in [4.78, 5) is 25.1. The Morgan fingerprint density at radius 1 is 0.857 bits per heavy atom. The molecule has 0 unspecified atom stereocenters. The summed E-state index contributed by atoms with van der Waals surface area (Å²) in [5.74, 6) is 0. The van der Waals surface area contributed by atoms with Gasteiger partial charge in [-0.2, -0.15) is 0 Å². The van der Waals surface area contributed by atoms with Gasteiger partial charge in [0.05, 0.1) is 16.5 Å². The third-order valence-corrected chi connectivity index (χ3v) is 3.71. The fourth-order valence-electron chi connectivity index (χ4n) is 2.83. The molecule has 2 aromatic carbocycles. The molecule has 2 aromatic rings. The van der Waals surface area contributed by atoms with Crippen LogP contribution in [-0.4, -0.2) is 30.6 Å². The smallest absolute Gasteiger partial charge is 0.284 e. The minimum absolute atomic E-state index is 0.0819. The summed E-state index contributed by atoms with van der Waals surface area (Å²) >= 11 is 0. The van der Waals surface area contributed by atoms with Gasteiger partial charge in [-0.15, -0.1) is 0 Å². The maximum absolute atomic E-state index is 11.2. The van der Waals surface area contributed by atoms with Crippen LogP contribution in [0, 0.1) is 20.2 Å². The van der Waals surface area contributed by atoms with E-state index in [1.807, 2.05) is 23.9 Å². The topological polar surface area (TPSA) is 92.8 Å². The Morgan fingerprint density at radius 3 is 1.67 bits per heavy atom. The van der Waals surface area contributed by atoms with Crippen LogP contribution in [0.4, 0.5) is 22.7 Å². The predicted molar refractivity (Wildman–Crippen MR) is 78.9 cm³/mol. The van der Waals surface area contributed by atoms with Crippen LogP contribution in [0.15, 0.2) is 24.3 Å². The lowest BCUT2D eigenvalue weighted by Crippen LogP contribution is -2.36. The first-order chi connectivity index (χ1) is 9.91. The molecule has 0 N–H and O–H groups in total. The van der Waals surface area contributed by atoms with Gasteiger partial charge in [-0.3, -0.25) is 20.2 Å². The molecule has 108 valence electrons. The van der Waals surface area contributed by atoms with Crippen molar-refractivity contribution in [3.05, 3.63) is 44.5 Å². The van der Waals surface area contributed by atoms with E-state index < -0.39 is 9.85 Å². The normalized spacial score (nSPS) is 13.6. The fraction of sp³-hybridized carbons (Fsp3) is 0.231. The van der Waals surface area contributed by atoms with E-state index in [2.05, 4.69) is 0 Å². The minimum atomic E-state index is -0.579. The quantitative estimate of drug-likeness (QED) is 0.622. The Bertz CT molecular complexity index is 729. The lowest BCUT2D eigenvalue weighted by molar-refractivity contribution is -0.390. The number of non-ortho nitro benzene ring substituents is 2. The average molecular weight is 288 g/mol.